The molecule has 1 unspecified atom stereocenters. The highest BCUT2D eigenvalue weighted by molar-refractivity contribution is 7.11. The molecule has 1 aliphatic heterocycles. The molecule has 2 aromatic rings. The van der Waals surface area contributed by atoms with Gasteiger partial charge in [0, 0.05) is 49.5 Å². The molecule has 0 amide bonds. The summed E-state index contributed by atoms with van der Waals surface area (Å²) >= 11 is 1.71. The topological polar surface area (TPSA) is 61.8 Å². The van der Waals surface area contributed by atoms with Crippen LogP contribution in [0.4, 0.5) is 5.69 Å². The monoisotopic (exact) mass is 373 g/mol. The first-order valence-electron chi connectivity index (χ1n) is 8.92. The van der Waals surface area contributed by atoms with Crippen LogP contribution in [0, 0.1) is 12.8 Å². The predicted molar refractivity (Wildman–Crippen MR) is 108 cm³/mol. The lowest BCUT2D eigenvalue weighted by molar-refractivity contribution is 0.415. The maximum atomic E-state index is 5.33. The molecule has 6 nitrogen and oxygen atoms in total. The SMILES string of the molecule is CN=C(NCc1ncc(C)s1)NCC1CCN(c2cccc(OC)c2)C1. The number of thiazole rings is 1. The normalized spacial score (nSPS) is 17.4. The lowest BCUT2D eigenvalue weighted by Crippen LogP contribution is -2.39. The molecule has 26 heavy (non-hydrogen) atoms. The van der Waals surface area contributed by atoms with E-state index in [9.17, 15) is 0 Å². The lowest BCUT2D eigenvalue weighted by Gasteiger charge is -2.20. The van der Waals surface area contributed by atoms with Gasteiger partial charge in [-0.1, -0.05) is 6.07 Å². The van der Waals surface area contributed by atoms with Crippen LogP contribution in [-0.2, 0) is 6.54 Å². The van der Waals surface area contributed by atoms with Crippen molar-refractivity contribution in [2.45, 2.75) is 19.9 Å². The molecule has 7 heteroatoms. The van der Waals surface area contributed by atoms with Crippen LogP contribution in [0.2, 0.25) is 0 Å². The minimum Gasteiger partial charge on any atom is -0.497 e. The molecule has 1 atom stereocenters. The highest BCUT2D eigenvalue weighted by atomic mass is 32.1. The van der Waals surface area contributed by atoms with Crippen molar-refractivity contribution in [3.63, 3.8) is 0 Å². The number of hydrogen-bond donors (Lipinski definition) is 2. The van der Waals surface area contributed by atoms with Gasteiger partial charge >= 0.3 is 0 Å². The van der Waals surface area contributed by atoms with Crippen LogP contribution in [0.25, 0.3) is 0 Å². The number of nitrogens with zero attached hydrogens (tertiary/aromatic N) is 3. The Morgan fingerprint density at radius 1 is 1.42 bits per heavy atom. The first kappa shape index (κ1) is 18.5. The Hall–Kier alpha value is -2.28. The molecule has 0 radical (unpaired) electrons. The van der Waals surface area contributed by atoms with E-state index >= 15 is 0 Å². The molecule has 3 rings (SSSR count). The summed E-state index contributed by atoms with van der Waals surface area (Å²) in [6, 6.07) is 8.28. The summed E-state index contributed by atoms with van der Waals surface area (Å²) in [5, 5.41) is 7.86. The third kappa shape index (κ3) is 4.88. The highest BCUT2D eigenvalue weighted by Gasteiger charge is 2.23. The number of aliphatic imine (C=N–C) groups is 1. The molecule has 1 saturated heterocycles. The van der Waals surface area contributed by atoms with Gasteiger partial charge in [0.1, 0.15) is 10.8 Å². The Morgan fingerprint density at radius 3 is 3.04 bits per heavy atom. The molecule has 0 bridgehead atoms. The average molecular weight is 374 g/mol. The van der Waals surface area contributed by atoms with E-state index < -0.39 is 0 Å². The van der Waals surface area contributed by atoms with Gasteiger partial charge in [0.15, 0.2) is 5.96 Å². The Kier molecular flexibility index (Phi) is 6.33. The summed E-state index contributed by atoms with van der Waals surface area (Å²) in [5.74, 6) is 2.34. The Bertz CT molecular complexity index is 745. The van der Waals surface area contributed by atoms with E-state index in [0.717, 1.165) is 36.4 Å². The molecule has 0 saturated carbocycles. The van der Waals surface area contributed by atoms with Crippen LogP contribution < -0.4 is 20.3 Å². The standard InChI is InChI=1S/C19H27N5OS/c1-14-10-21-18(26-14)12-23-19(20-2)22-11-15-7-8-24(13-15)16-5-4-6-17(9-16)25-3/h4-6,9-10,15H,7-8,11-13H2,1-3H3,(H2,20,22,23). The fourth-order valence-electron chi connectivity index (χ4n) is 3.15. The van der Waals surface area contributed by atoms with Crippen molar-refractivity contribution in [2.75, 3.05) is 38.7 Å². The Labute approximate surface area is 159 Å². The van der Waals surface area contributed by atoms with Crippen molar-refractivity contribution >= 4 is 23.0 Å². The van der Waals surface area contributed by atoms with Gasteiger partial charge in [-0.25, -0.2) is 4.98 Å². The zero-order chi connectivity index (χ0) is 18.4. The molecular formula is C19H27N5OS. The highest BCUT2D eigenvalue weighted by Crippen LogP contribution is 2.26. The van der Waals surface area contributed by atoms with Crippen LogP contribution in [0.15, 0.2) is 35.5 Å². The number of rotatable bonds is 6. The van der Waals surface area contributed by atoms with E-state index in [1.54, 1.807) is 25.5 Å². The second-order valence-electron chi connectivity index (χ2n) is 6.47. The summed E-state index contributed by atoms with van der Waals surface area (Å²) < 4.78 is 5.33. The number of aromatic nitrogens is 1. The van der Waals surface area contributed by atoms with Crippen molar-refractivity contribution in [1.29, 1.82) is 0 Å². The van der Waals surface area contributed by atoms with Crippen LogP contribution in [0.3, 0.4) is 0 Å². The number of aryl methyl sites for hydroxylation is 1. The second kappa shape index (κ2) is 8.89. The Balaban J connectivity index is 1.45. The minimum absolute atomic E-state index is 0.599. The lowest BCUT2D eigenvalue weighted by atomic mass is 10.1. The number of hydrogen-bond acceptors (Lipinski definition) is 5. The van der Waals surface area contributed by atoms with Gasteiger partial charge in [0.25, 0.3) is 0 Å². The van der Waals surface area contributed by atoms with Gasteiger partial charge in [0.05, 0.1) is 13.7 Å². The van der Waals surface area contributed by atoms with Gasteiger partial charge in [-0.15, -0.1) is 11.3 Å². The molecule has 1 aromatic carbocycles. The first-order chi connectivity index (χ1) is 12.7. The third-order valence-electron chi connectivity index (χ3n) is 4.56. The number of nitrogens with one attached hydrogen (secondary N) is 2. The van der Waals surface area contributed by atoms with Crippen LogP contribution in [0.1, 0.15) is 16.3 Å². The van der Waals surface area contributed by atoms with Crippen LogP contribution in [0.5, 0.6) is 5.75 Å². The van der Waals surface area contributed by atoms with Crippen molar-refractivity contribution < 1.29 is 4.74 Å². The number of methoxy groups -OCH3 is 1. The molecule has 2 N–H and O–H groups in total. The smallest absolute Gasteiger partial charge is 0.191 e. The molecule has 0 spiro atoms. The van der Waals surface area contributed by atoms with E-state index in [2.05, 4.69) is 44.6 Å². The van der Waals surface area contributed by atoms with Gasteiger partial charge < -0.3 is 20.3 Å². The second-order valence-corrected chi connectivity index (χ2v) is 7.79. The summed E-state index contributed by atoms with van der Waals surface area (Å²) in [7, 11) is 3.51. The maximum Gasteiger partial charge on any atom is 0.191 e. The van der Waals surface area contributed by atoms with Crippen molar-refractivity contribution in [1.82, 2.24) is 15.6 Å². The Morgan fingerprint density at radius 2 is 2.31 bits per heavy atom. The summed E-state index contributed by atoms with van der Waals surface area (Å²) in [6.45, 7) is 5.81. The van der Waals surface area contributed by atoms with E-state index in [1.807, 2.05) is 18.3 Å². The fraction of sp³-hybridized carbons (Fsp3) is 0.474. The van der Waals surface area contributed by atoms with Crippen molar-refractivity contribution in [2.24, 2.45) is 10.9 Å². The van der Waals surface area contributed by atoms with E-state index in [4.69, 9.17) is 4.74 Å². The van der Waals surface area contributed by atoms with E-state index in [-0.39, 0.29) is 0 Å². The minimum atomic E-state index is 0.599. The summed E-state index contributed by atoms with van der Waals surface area (Å²) in [4.78, 5) is 12.3. The third-order valence-corrected chi connectivity index (χ3v) is 5.48. The molecule has 2 heterocycles. The van der Waals surface area contributed by atoms with E-state index in [1.165, 1.54) is 17.0 Å². The molecule has 140 valence electrons. The summed E-state index contributed by atoms with van der Waals surface area (Å²) in [5.41, 5.74) is 1.23. The number of ether oxygens (including phenoxy) is 1. The molecule has 1 aliphatic rings. The van der Waals surface area contributed by atoms with E-state index in [0.29, 0.717) is 12.5 Å². The van der Waals surface area contributed by atoms with Gasteiger partial charge in [-0.05, 0) is 31.4 Å². The fourth-order valence-corrected chi connectivity index (χ4v) is 3.87. The van der Waals surface area contributed by atoms with Crippen molar-refractivity contribution in [3.8, 4) is 5.75 Å². The first-order valence-corrected chi connectivity index (χ1v) is 9.74. The predicted octanol–water partition coefficient (Wildman–Crippen LogP) is 2.65. The summed E-state index contributed by atoms with van der Waals surface area (Å²) in [6.07, 6.45) is 3.08. The number of guanidine groups is 1. The molecule has 1 aromatic heterocycles. The number of benzene rings is 1. The molecule has 0 aliphatic carbocycles. The average Bonchev–Trinajstić information content (AvgIpc) is 3.31. The van der Waals surface area contributed by atoms with Crippen LogP contribution >= 0.6 is 11.3 Å². The maximum absolute atomic E-state index is 5.33. The zero-order valence-corrected chi connectivity index (χ0v) is 16.5. The van der Waals surface area contributed by atoms with Crippen molar-refractivity contribution in [3.05, 3.63) is 40.3 Å². The zero-order valence-electron chi connectivity index (χ0n) is 15.7. The van der Waals surface area contributed by atoms with Crippen LogP contribution in [-0.4, -0.2) is 44.7 Å². The van der Waals surface area contributed by atoms with Gasteiger partial charge in [-0.2, -0.15) is 0 Å². The van der Waals surface area contributed by atoms with Gasteiger partial charge in [0.2, 0.25) is 0 Å². The van der Waals surface area contributed by atoms with Gasteiger partial charge in [-0.3, -0.25) is 4.99 Å². The molecular weight excluding hydrogens is 346 g/mol. The number of anilines is 1. The molecule has 1 fully saturated rings. The largest absolute Gasteiger partial charge is 0.497 e. The quantitative estimate of drug-likeness (QED) is 0.602.